The predicted octanol–water partition coefficient (Wildman–Crippen LogP) is -0.501. The molecule has 0 saturated heterocycles. The van der Waals surface area contributed by atoms with Gasteiger partial charge in [-0.15, -0.1) is 0 Å². The molecule has 8 nitrogen and oxygen atoms in total. The fourth-order valence-electron chi connectivity index (χ4n) is 1.30. The molecule has 1 heterocycles. The number of carbonyl (C=O) groups is 3. The summed E-state index contributed by atoms with van der Waals surface area (Å²) in [5.41, 5.74) is 5.39. The fraction of sp³-hybridized carbons (Fsp3) is 0.300. The number of carboxylic acid groups (broad SMARTS) is 2. The fourth-order valence-corrected chi connectivity index (χ4v) is 1.30. The van der Waals surface area contributed by atoms with Crippen LogP contribution in [0.1, 0.15) is 6.42 Å². The van der Waals surface area contributed by atoms with E-state index in [1.165, 1.54) is 18.4 Å². The maximum Gasteiger partial charge on any atom is 0.323 e. The van der Waals surface area contributed by atoms with Crippen LogP contribution >= 0.6 is 0 Å². The molecule has 4 N–H and O–H groups in total. The first-order valence-electron chi connectivity index (χ1n) is 4.96. The molecule has 0 aliphatic carbocycles. The van der Waals surface area contributed by atoms with Crippen molar-refractivity contribution >= 4 is 23.7 Å². The van der Waals surface area contributed by atoms with Gasteiger partial charge in [0.15, 0.2) is 0 Å². The lowest BCUT2D eigenvalue weighted by molar-refractivity contribution is -0.139. The number of nitrogens with two attached hydrogens (primary N) is 1. The van der Waals surface area contributed by atoms with Crippen LogP contribution in [0.25, 0.3) is 0 Å². The van der Waals surface area contributed by atoms with Crippen LogP contribution < -0.4 is 10.6 Å². The number of furan rings is 1. The monoisotopic (exact) mass is 256 g/mol. The van der Waals surface area contributed by atoms with Gasteiger partial charge in [0.2, 0.25) is 11.8 Å². The Labute approximate surface area is 102 Å². The van der Waals surface area contributed by atoms with Crippen molar-refractivity contribution in [3.8, 4) is 0 Å². The van der Waals surface area contributed by atoms with Gasteiger partial charge in [-0.2, -0.15) is 0 Å². The van der Waals surface area contributed by atoms with Crippen LogP contribution in [0.5, 0.6) is 0 Å². The Morgan fingerprint density at radius 2 is 2.00 bits per heavy atom. The zero-order valence-electron chi connectivity index (χ0n) is 9.28. The molecule has 0 bridgehead atoms. The summed E-state index contributed by atoms with van der Waals surface area (Å²) in [5, 5.41) is 17.2. The predicted molar refractivity (Wildman–Crippen MR) is 58.9 cm³/mol. The van der Waals surface area contributed by atoms with Crippen LogP contribution in [-0.4, -0.2) is 40.6 Å². The van der Waals surface area contributed by atoms with E-state index < -0.39 is 36.9 Å². The van der Waals surface area contributed by atoms with Crippen molar-refractivity contribution in [1.82, 2.24) is 0 Å². The average molecular weight is 256 g/mol. The highest BCUT2D eigenvalue weighted by Gasteiger charge is 2.27. The van der Waals surface area contributed by atoms with Crippen molar-refractivity contribution < 1.29 is 29.0 Å². The molecule has 0 radical (unpaired) electrons. The Morgan fingerprint density at radius 1 is 1.33 bits per heavy atom. The van der Waals surface area contributed by atoms with E-state index in [2.05, 4.69) is 0 Å². The maximum absolute atomic E-state index is 11.8. The van der Waals surface area contributed by atoms with Gasteiger partial charge in [-0.25, -0.2) is 0 Å². The summed E-state index contributed by atoms with van der Waals surface area (Å²) < 4.78 is 4.91. The summed E-state index contributed by atoms with van der Waals surface area (Å²) in [4.78, 5) is 33.7. The highest BCUT2D eigenvalue weighted by molar-refractivity contribution is 6.00. The van der Waals surface area contributed by atoms with Crippen molar-refractivity contribution in [3.63, 3.8) is 0 Å². The molecule has 1 unspecified atom stereocenters. The molecule has 0 aliphatic heterocycles. The van der Waals surface area contributed by atoms with Gasteiger partial charge in [0.25, 0.3) is 0 Å². The number of carboxylic acids is 2. The van der Waals surface area contributed by atoms with E-state index in [1.807, 2.05) is 0 Å². The molecule has 1 atom stereocenters. The Bertz CT molecular complexity index is 441. The number of carbonyl (C=O) groups excluding carboxylic acids is 1. The van der Waals surface area contributed by atoms with Gasteiger partial charge in [-0.3, -0.25) is 19.3 Å². The molecule has 0 spiro atoms. The summed E-state index contributed by atoms with van der Waals surface area (Å²) in [5.74, 6) is -3.33. The lowest BCUT2D eigenvalue weighted by Crippen LogP contribution is -2.46. The molecule has 18 heavy (non-hydrogen) atoms. The number of nitrogens with zero attached hydrogens (tertiary/aromatic N) is 1. The van der Waals surface area contributed by atoms with E-state index in [0.717, 1.165) is 4.90 Å². The van der Waals surface area contributed by atoms with E-state index in [0.29, 0.717) is 0 Å². The summed E-state index contributed by atoms with van der Waals surface area (Å²) >= 11 is 0. The van der Waals surface area contributed by atoms with Crippen LogP contribution in [-0.2, 0) is 14.4 Å². The SMILES string of the molecule is NC(CC(=O)O)C(=O)N(CC(=O)O)c1ccco1. The largest absolute Gasteiger partial charge is 0.481 e. The molecule has 8 heteroatoms. The van der Waals surface area contributed by atoms with Gasteiger partial charge >= 0.3 is 11.9 Å². The molecule has 1 amide bonds. The first-order chi connectivity index (χ1) is 8.41. The van der Waals surface area contributed by atoms with Crippen molar-refractivity contribution in [2.75, 3.05) is 11.4 Å². The highest BCUT2D eigenvalue weighted by Crippen LogP contribution is 2.15. The minimum Gasteiger partial charge on any atom is -0.481 e. The molecule has 98 valence electrons. The number of hydrogen-bond acceptors (Lipinski definition) is 5. The van der Waals surface area contributed by atoms with Gasteiger partial charge < -0.3 is 20.4 Å². The van der Waals surface area contributed by atoms with E-state index in [4.69, 9.17) is 20.4 Å². The van der Waals surface area contributed by atoms with Crippen LogP contribution in [0, 0.1) is 0 Å². The Hall–Kier alpha value is -2.35. The smallest absolute Gasteiger partial charge is 0.323 e. The second kappa shape index (κ2) is 5.82. The standard InChI is InChI=1S/C10H12N2O6/c11-6(4-8(13)14)10(17)12(5-9(15)16)7-2-1-3-18-7/h1-3,6H,4-5,11H2,(H,13,14)(H,15,16). The quantitative estimate of drug-likeness (QED) is 0.624. The third kappa shape index (κ3) is 3.59. The third-order valence-electron chi connectivity index (χ3n) is 2.04. The minimum absolute atomic E-state index is 0.00300. The Kier molecular flexibility index (Phi) is 4.44. The molecular weight excluding hydrogens is 244 g/mol. The first kappa shape index (κ1) is 13.7. The first-order valence-corrected chi connectivity index (χ1v) is 4.96. The van der Waals surface area contributed by atoms with Gasteiger partial charge in [0, 0.05) is 6.07 Å². The molecular formula is C10H12N2O6. The molecule has 1 aromatic rings. The normalized spacial score (nSPS) is 11.8. The van der Waals surface area contributed by atoms with Crippen LogP contribution in [0.2, 0.25) is 0 Å². The van der Waals surface area contributed by atoms with E-state index >= 15 is 0 Å². The van der Waals surface area contributed by atoms with Crippen LogP contribution in [0.3, 0.4) is 0 Å². The number of hydrogen-bond donors (Lipinski definition) is 3. The van der Waals surface area contributed by atoms with E-state index in [-0.39, 0.29) is 5.88 Å². The Morgan fingerprint density at radius 3 is 2.44 bits per heavy atom. The van der Waals surface area contributed by atoms with Crippen molar-refractivity contribution in [2.45, 2.75) is 12.5 Å². The topological polar surface area (TPSA) is 134 Å². The number of anilines is 1. The lowest BCUT2D eigenvalue weighted by Gasteiger charge is -2.20. The van der Waals surface area contributed by atoms with E-state index in [1.54, 1.807) is 0 Å². The molecule has 0 saturated carbocycles. The number of aliphatic carboxylic acids is 2. The summed E-state index contributed by atoms with van der Waals surface area (Å²) in [6.45, 7) is -0.653. The second-order valence-electron chi connectivity index (χ2n) is 3.47. The molecule has 0 fully saturated rings. The van der Waals surface area contributed by atoms with Crippen LogP contribution in [0.4, 0.5) is 5.88 Å². The maximum atomic E-state index is 11.8. The molecule has 1 rings (SSSR count). The highest BCUT2D eigenvalue weighted by atomic mass is 16.4. The third-order valence-corrected chi connectivity index (χ3v) is 2.04. The molecule has 0 aromatic carbocycles. The Balaban J connectivity index is 2.86. The van der Waals surface area contributed by atoms with Crippen molar-refractivity contribution in [1.29, 1.82) is 0 Å². The minimum atomic E-state index is -1.33. The van der Waals surface area contributed by atoms with Gasteiger partial charge in [-0.05, 0) is 6.07 Å². The summed E-state index contributed by atoms with van der Waals surface area (Å²) in [6.07, 6.45) is 0.676. The number of rotatable bonds is 6. The van der Waals surface area contributed by atoms with Crippen molar-refractivity contribution in [3.05, 3.63) is 18.4 Å². The van der Waals surface area contributed by atoms with Crippen LogP contribution in [0.15, 0.2) is 22.8 Å². The van der Waals surface area contributed by atoms with Gasteiger partial charge in [-0.1, -0.05) is 0 Å². The zero-order chi connectivity index (χ0) is 13.7. The molecule has 1 aromatic heterocycles. The zero-order valence-corrected chi connectivity index (χ0v) is 9.28. The summed E-state index contributed by atoms with van der Waals surface area (Å²) in [6, 6.07) is 1.53. The average Bonchev–Trinajstić information content (AvgIpc) is 2.76. The second-order valence-corrected chi connectivity index (χ2v) is 3.47. The van der Waals surface area contributed by atoms with Gasteiger partial charge in [0.1, 0.15) is 6.54 Å². The molecule has 0 aliphatic rings. The van der Waals surface area contributed by atoms with Crippen molar-refractivity contribution in [2.24, 2.45) is 5.73 Å². The lowest BCUT2D eigenvalue weighted by atomic mass is 10.2. The van der Waals surface area contributed by atoms with E-state index in [9.17, 15) is 14.4 Å². The summed E-state index contributed by atoms with van der Waals surface area (Å²) in [7, 11) is 0. The number of amides is 1. The van der Waals surface area contributed by atoms with Gasteiger partial charge in [0.05, 0.1) is 18.7 Å².